The normalized spacial score (nSPS) is 19.8. The van der Waals surface area contributed by atoms with E-state index in [1.807, 2.05) is 0 Å². The summed E-state index contributed by atoms with van der Waals surface area (Å²) in [6.45, 7) is 0.734. The highest BCUT2D eigenvalue weighted by molar-refractivity contribution is 7.89. The van der Waals surface area contributed by atoms with Gasteiger partial charge in [-0.25, -0.2) is 13.2 Å². The second kappa shape index (κ2) is 7.55. The molecule has 21 heavy (non-hydrogen) atoms. The maximum atomic E-state index is 12.7. The molecule has 1 atom stereocenters. The molecule has 1 unspecified atom stereocenters. The third kappa shape index (κ3) is 3.57. The Kier molecular flexibility index (Phi) is 6.61. The van der Waals surface area contributed by atoms with Crippen molar-refractivity contribution in [2.45, 2.75) is 30.2 Å². The van der Waals surface area contributed by atoms with Gasteiger partial charge in [0.1, 0.15) is 9.77 Å². The molecule has 0 radical (unpaired) electrons. The van der Waals surface area contributed by atoms with E-state index in [4.69, 9.17) is 5.73 Å². The monoisotopic (exact) mass is 354 g/mol. The molecule has 0 spiro atoms. The van der Waals surface area contributed by atoms with Crippen molar-refractivity contribution in [3.63, 3.8) is 0 Å². The number of nitrogens with two attached hydrogens (primary N) is 1. The van der Waals surface area contributed by atoms with Crippen LogP contribution >= 0.6 is 23.7 Å². The van der Waals surface area contributed by atoms with Crippen LogP contribution in [0.25, 0.3) is 0 Å². The third-order valence-electron chi connectivity index (χ3n) is 3.43. The molecule has 0 aliphatic carbocycles. The Morgan fingerprint density at radius 2 is 2.24 bits per heavy atom. The van der Waals surface area contributed by atoms with Crippen molar-refractivity contribution in [1.82, 2.24) is 4.31 Å². The highest BCUT2D eigenvalue weighted by Gasteiger charge is 2.35. The molecule has 0 bridgehead atoms. The van der Waals surface area contributed by atoms with E-state index < -0.39 is 16.0 Å². The van der Waals surface area contributed by atoms with Gasteiger partial charge in [-0.1, -0.05) is 6.42 Å². The average Bonchev–Trinajstić information content (AvgIpc) is 2.96. The number of halogens is 1. The molecule has 0 amide bonds. The van der Waals surface area contributed by atoms with E-state index >= 15 is 0 Å². The molecule has 120 valence electrons. The molecule has 1 fully saturated rings. The van der Waals surface area contributed by atoms with E-state index in [-0.39, 0.29) is 34.8 Å². The first-order chi connectivity index (χ1) is 9.52. The first-order valence-electron chi connectivity index (χ1n) is 6.40. The molecule has 2 N–H and O–H groups in total. The standard InChI is InChI=1S/C12H18N2O4S2.ClH/c1-18-12(15)11-10(5-7-19-11)20(16,17)14-6-3-2-4-9(14)8-13;/h5,7,9H,2-4,6,8,13H2,1H3;1H. The summed E-state index contributed by atoms with van der Waals surface area (Å²) in [4.78, 5) is 11.8. The summed E-state index contributed by atoms with van der Waals surface area (Å²) < 4.78 is 31.5. The Balaban J connectivity index is 0.00000220. The number of thiophene rings is 1. The smallest absolute Gasteiger partial charge is 0.349 e. The molecule has 1 aromatic heterocycles. The van der Waals surface area contributed by atoms with Gasteiger partial charge < -0.3 is 10.5 Å². The minimum absolute atomic E-state index is 0. The number of carbonyl (C=O) groups is 1. The second-order valence-electron chi connectivity index (χ2n) is 4.61. The van der Waals surface area contributed by atoms with Crippen LogP contribution in [0.3, 0.4) is 0 Å². The second-order valence-corrected chi connectivity index (χ2v) is 7.38. The van der Waals surface area contributed by atoms with Gasteiger partial charge in [-0.15, -0.1) is 23.7 Å². The van der Waals surface area contributed by atoms with Crippen LogP contribution in [-0.2, 0) is 14.8 Å². The molecular weight excluding hydrogens is 336 g/mol. The summed E-state index contributed by atoms with van der Waals surface area (Å²) >= 11 is 1.07. The van der Waals surface area contributed by atoms with Crippen molar-refractivity contribution >= 4 is 39.7 Å². The van der Waals surface area contributed by atoms with Crippen LogP contribution in [0.5, 0.6) is 0 Å². The van der Waals surface area contributed by atoms with E-state index in [2.05, 4.69) is 4.74 Å². The van der Waals surface area contributed by atoms with Crippen molar-refractivity contribution in [3.05, 3.63) is 16.3 Å². The van der Waals surface area contributed by atoms with Crippen molar-refractivity contribution in [1.29, 1.82) is 0 Å². The lowest BCUT2D eigenvalue weighted by Crippen LogP contribution is -2.47. The van der Waals surface area contributed by atoms with Gasteiger partial charge in [-0.05, 0) is 24.3 Å². The lowest BCUT2D eigenvalue weighted by molar-refractivity contribution is 0.0602. The Morgan fingerprint density at radius 3 is 2.86 bits per heavy atom. The van der Waals surface area contributed by atoms with Crippen LogP contribution in [0.1, 0.15) is 28.9 Å². The molecule has 2 heterocycles. The van der Waals surface area contributed by atoms with E-state index in [1.54, 1.807) is 5.38 Å². The minimum Gasteiger partial charge on any atom is -0.465 e. The van der Waals surface area contributed by atoms with Crippen LogP contribution < -0.4 is 5.73 Å². The van der Waals surface area contributed by atoms with Crippen LogP contribution in [0.4, 0.5) is 0 Å². The van der Waals surface area contributed by atoms with Gasteiger partial charge in [0.25, 0.3) is 0 Å². The third-order valence-corrected chi connectivity index (χ3v) is 6.45. The fourth-order valence-electron chi connectivity index (χ4n) is 2.39. The number of ether oxygens (including phenoxy) is 1. The van der Waals surface area contributed by atoms with Gasteiger partial charge in [0.05, 0.1) is 7.11 Å². The lowest BCUT2D eigenvalue weighted by atomic mass is 10.1. The molecule has 2 rings (SSSR count). The Bertz CT molecular complexity index is 588. The van der Waals surface area contributed by atoms with Gasteiger partial charge >= 0.3 is 5.97 Å². The van der Waals surface area contributed by atoms with Gasteiger partial charge in [0.2, 0.25) is 10.0 Å². The summed E-state index contributed by atoms with van der Waals surface area (Å²) in [5.74, 6) is -0.625. The van der Waals surface area contributed by atoms with E-state index in [1.165, 1.54) is 17.5 Å². The molecule has 0 saturated carbocycles. The highest BCUT2D eigenvalue weighted by atomic mass is 35.5. The van der Waals surface area contributed by atoms with Gasteiger partial charge in [0.15, 0.2) is 0 Å². The molecular formula is C12H19ClN2O4S2. The largest absolute Gasteiger partial charge is 0.465 e. The minimum atomic E-state index is -3.70. The van der Waals surface area contributed by atoms with Gasteiger partial charge in [-0.2, -0.15) is 4.31 Å². The SMILES string of the molecule is COC(=O)c1sccc1S(=O)(=O)N1CCCCC1CN.Cl. The van der Waals surface area contributed by atoms with E-state index in [0.29, 0.717) is 6.54 Å². The van der Waals surface area contributed by atoms with E-state index in [0.717, 1.165) is 30.6 Å². The van der Waals surface area contributed by atoms with Crippen molar-refractivity contribution in [2.75, 3.05) is 20.2 Å². The van der Waals surface area contributed by atoms with Gasteiger partial charge in [-0.3, -0.25) is 0 Å². The molecule has 0 aromatic carbocycles. The Labute approximate surface area is 134 Å². The quantitative estimate of drug-likeness (QED) is 0.827. The number of sulfonamides is 1. The zero-order valence-electron chi connectivity index (χ0n) is 11.6. The van der Waals surface area contributed by atoms with Crippen molar-refractivity contribution in [3.8, 4) is 0 Å². The topological polar surface area (TPSA) is 89.7 Å². The summed E-state index contributed by atoms with van der Waals surface area (Å²) in [7, 11) is -2.46. The van der Waals surface area contributed by atoms with Crippen molar-refractivity contribution in [2.24, 2.45) is 5.73 Å². The van der Waals surface area contributed by atoms with Crippen LogP contribution in [0.15, 0.2) is 16.3 Å². The number of hydrogen-bond acceptors (Lipinski definition) is 6. The maximum Gasteiger partial charge on any atom is 0.349 e. The number of rotatable bonds is 4. The fraction of sp³-hybridized carbons (Fsp3) is 0.583. The van der Waals surface area contributed by atoms with Crippen LogP contribution in [-0.4, -0.2) is 44.9 Å². The van der Waals surface area contributed by atoms with Crippen LogP contribution in [0.2, 0.25) is 0 Å². The Morgan fingerprint density at radius 1 is 1.52 bits per heavy atom. The Hall–Kier alpha value is -0.670. The maximum absolute atomic E-state index is 12.7. The summed E-state index contributed by atoms with van der Waals surface area (Å²) in [6.07, 6.45) is 2.54. The molecule has 1 aliphatic heterocycles. The number of methoxy groups -OCH3 is 1. The van der Waals surface area contributed by atoms with Gasteiger partial charge in [0, 0.05) is 19.1 Å². The molecule has 6 nitrogen and oxygen atoms in total. The molecule has 9 heteroatoms. The zero-order chi connectivity index (χ0) is 14.8. The summed E-state index contributed by atoms with van der Waals surface area (Å²) in [5.41, 5.74) is 5.67. The lowest BCUT2D eigenvalue weighted by Gasteiger charge is -2.33. The number of piperidine rings is 1. The molecule has 1 saturated heterocycles. The number of nitrogens with zero attached hydrogens (tertiary/aromatic N) is 1. The zero-order valence-corrected chi connectivity index (χ0v) is 14.1. The number of hydrogen-bond donors (Lipinski definition) is 1. The van der Waals surface area contributed by atoms with E-state index in [9.17, 15) is 13.2 Å². The van der Waals surface area contributed by atoms with Crippen molar-refractivity contribution < 1.29 is 17.9 Å². The number of esters is 1. The summed E-state index contributed by atoms with van der Waals surface area (Å²) in [5, 5.41) is 1.58. The first kappa shape index (κ1) is 18.4. The predicted molar refractivity (Wildman–Crippen MR) is 83.5 cm³/mol. The van der Waals surface area contributed by atoms with Crippen LogP contribution in [0, 0.1) is 0 Å². The highest BCUT2D eigenvalue weighted by Crippen LogP contribution is 2.30. The summed E-state index contributed by atoms with van der Waals surface area (Å²) in [6, 6.07) is 1.26. The molecule has 1 aromatic rings. The molecule has 1 aliphatic rings. The average molecular weight is 355 g/mol. The fourth-order valence-corrected chi connectivity index (χ4v) is 5.41. The predicted octanol–water partition coefficient (Wildman–Crippen LogP) is 1.46. The first-order valence-corrected chi connectivity index (χ1v) is 8.72. The number of carbonyl (C=O) groups excluding carboxylic acids is 1.